The van der Waals surface area contributed by atoms with E-state index in [4.69, 9.17) is 0 Å². The molecule has 0 bridgehead atoms. The summed E-state index contributed by atoms with van der Waals surface area (Å²) in [6.45, 7) is 2.20. The third kappa shape index (κ3) is 5.86. The van der Waals surface area contributed by atoms with Crippen molar-refractivity contribution in [3.8, 4) is 0 Å². The van der Waals surface area contributed by atoms with Crippen LogP contribution in [0, 0.1) is 6.92 Å². The van der Waals surface area contributed by atoms with Crippen molar-refractivity contribution in [2.45, 2.75) is 43.2 Å². The Kier molecular flexibility index (Phi) is 7.45. The molecule has 1 aromatic heterocycles. The van der Waals surface area contributed by atoms with Crippen molar-refractivity contribution in [2.24, 2.45) is 0 Å². The third-order valence-electron chi connectivity index (χ3n) is 6.10. The van der Waals surface area contributed by atoms with Crippen molar-refractivity contribution in [1.29, 1.82) is 0 Å². The summed E-state index contributed by atoms with van der Waals surface area (Å²) in [5.41, 5.74) is 2.30. The number of benzene rings is 2. The van der Waals surface area contributed by atoms with E-state index in [1.807, 2.05) is 42.5 Å². The Labute approximate surface area is 205 Å². The highest BCUT2D eigenvalue weighted by Crippen LogP contribution is 2.32. The van der Waals surface area contributed by atoms with E-state index in [9.17, 15) is 18.0 Å². The highest BCUT2D eigenvalue weighted by Gasteiger charge is 2.35. The number of likely N-dealkylation sites (tertiary alicyclic amines) is 1. The standard InChI is InChI=1S/C26H28N4O4S/c1-19-9-5-6-14-24(19)35(33,34)29-26(32)28-22(17-20-10-3-2-4-11-20)25(31)30-16-8-13-23(30)21-12-7-15-27-18-21/h2-7,9-12,14-15,18,22-23H,8,13,16-17H2,1H3,(H2,28,29,32)/t22-,23?/m0/s1. The van der Waals surface area contributed by atoms with E-state index in [-0.39, 0.29) is 23.3 Å². The van der Waals surface area contributed by atoms with E-state index in [1.54, 1.807) is 42.4 Å². The molecule has 0 aliphatic carbocycles. The van der Waals surface area contributed by atoms with Crippen LogP contribution in [0.1, 0.15) is 35.6 Å². The van der Waals surface area contributed by atoms with Crippen LogP contribution in [0.25, 0.3) is 0 Å². The number of pyridine rings is 1. The van der Waals surface area contributed by atoms with E-state index in [0.29, 0.717) is 12.1 Å². The highest BCUT2D eigenvalue weighted by atomic mass is 32.2. The summed E-state index contributed by atoms with van der Waals surface area (Å²) in [5.74, 6) is -0.261. The first-order valence-electron chi connectivity index (χ1n) is 11.5. The predicted octanol–water partition coefficient (Wildman–Crippen LogP) is 3.35. The van der Waals surface area contributed by atoms with E-state index in [0.717, 1.165) is 24.0 Å². The number of hydrogen-bond donors (Lipinski definition) is 2. The van der Waals surface area contributed by atoms with Crippen molar-refractivity contribution < 1.29 is 18.0 Å². The minimum Gasteiger partial charge on any atom is -0.334 e. The molecule has 1 aliphatic heterocycles. The Balaban J connectivity index is 1.55. The van der Waals surface area contributed by atoms with E-state index < -0.39 is 22.1 Å². The van der Waals surface area contributed by atoms with Gasteiger partial charge in [-0.3, -0.25) is 9.78 Å². The number of aromatic nitrogens is 1. The molecule has 1 unspecified atom stereocenters. The zero-order valence-electron chi connectivity index (χ0n) is 19.4. The summed E-state index contributed by atoms with van der Waals surface area (Å²) in [6.07, 6.45) is 5.29. The molecule has 3 amide bonds. The second-order valence-corrected chi connectivity index (χ2v) is 10.2. The Morgan fingerprint density at radius 1 is 1.06 bits per heavy atom. The molecule has 1 saturated heterocycles. The van der Waals surface area contributed by atoms with Gasteiger partial charge in [-0.05, 0) is 48.6 Å². The summed E-state index contributed by atoms with van der Waals surface area (Å²) < 4.78 is 27.6. The van der Waals surface area contributed by atoms with Gasteiger partial charge in [0, 0.05) is 25.4 Å². The van der Waals surface area contributed by atoms with Gasteiger partial charge in [-0.25, -0.2) is 17.9 Å². The maximum atomic E-state index is 13.7. The summed E-state index contributed by atoms with van der Waals surface area (Å²) in [4.78, 5) is 32.4. The number of carbonyl (C=O) groups is 2. The average Bonchev–Trinajstić information content (AvgIpc) is 3.34. The first kappa shape index (κ1) is 24.4. The average molecular weight is 493 g/mol. The lowest BCUT2D eigenvalue weighted by atomic mass is 10.0. The zero-order valence-corrected chi connectivity index (χ0v) is 20.2. The first-order valence-corrected chi connectivity index (χ1v) is 13.0. The third-order valence-corrected chi connectivity index (χ3v) is 7.59. The minimum atomic E-state index is -4.10. The van der Waals surface area contributed by atoms with Crippen molar-refractivity contribution in [3.05, 3.63) is 95.8 Å². The topological polar surface area (TPSA) is 108 Å². The molecule has 2 atom stereocenters. The van der Waals surface area contributed by atoms with Crippen molar-refractivity contribution >= 4 is 22.0 Å². The summed E-state index contributed by atoms with van der Waals surface area (Å²) in [6, 6.07) is 17.4. The van der Waals surface area contributed by atoms with Gasteiger partial charge in [-0.1, -0.05) is 54.6 Å². The highest BCUT2D eigenvalue weighted by molar-refractivity contribution is 7.90. The number of carbonyl (C=O) groups excluding carboxylic acids is 2. The molecule has 0 spiro atoms. The van der Waals surface area contributed by atoms with Gasteiger partial charge < -0.3 is 10.2 Å². The zero-order chi connectivity index (χ0) is 24.8. The SMILES string of the molecule is Cc1ccccc1S(=O)(=O)NC(=O)N[C@@H](Cc1ccccc1)C(=O)N1CCCC1c1cccnc1. The van der Waals surface area contributed by atoms with Gasteiger partial charge in [0.15, 0.2) is 0 Å². The van der Waals surface area contributed by atoms with Gasteiger partial charge in [0.25, 0.3) is 10.0 Å². The number of rotatable bonds is 7. The number of nitrogens with one attached hydrogen (secondary N) is 2. The van der Waals surface area contributed by atoms with Crippen LogP contribution in [0.3, 0.4) is 0 Å². The molecule has 35 heavy (non-hydrogen) atoms. The lowest BCUT2D eigenvalue weighted by Gasteiger charge is -2.29. The molecule has 1 aliphatic rings. The molecule has 2 N–H and O–H groups in total. The maximum absolute atomic E-state index is 13.7. The molecule has 2 heterocycles. The smallest absolute Gasteiger partial charge is 0.329 e. The second kappa shape index (κ2) is 10.7. The Bertz CT molecular complexity index is 1280. The number of aryl methyl sites for hydroxylation is 1. The minimum absolute atomic E-state index is 0.0114. The van der Waals surface area contributed by atoms with E-state index in [2.05, 4.69) is 15.0 Å². The van der Waals surface area contributed by atoms with Crippen LogP contribution in [0.15, 0.2) is 84.0 Å². The van der Waals surface area contributed by atoms with E-state index in [1.165, 1.54) is 6.07 Å². The molecule has 0 saturated carbocycles. The summed E-state index contributed by atoms with van der Waals surface area (Å²) in [7, 11) is -4.10. The quantitative estimate of drug-likeness (QED) is 0.526. The first-order chi connectivity index (χ1) is 16.8. The fourth-order valence-corrected chi connectivity index (χ4v) is 5.59. The van der Waals surface area contributed by atoms with Crippen molar-refractivity contribution in [1.82, 2.24) is 19.9 Å². The monoisotopic (exact) mass is 492 g/mol. The van der Waals surface area contributed by atoms with Crippen LogP contribution in [-0.4, -0.2) is 42.8 Å². The fraction of sp³-hybridized carbons (Fsp3) is 0.269. The van der Waals surface area contributed by atoms with Gasteiger partial charge in [0.1, 0.15) is 6.04 Å². The Morgan fingerprint density at radius 3 is 2.51 bits per heavy atom. The predicted molar refractivity (Wildman–Crippen MR) is 132 cm³/mol. The molecular weight excluding hydrogens is 464 g/mol. The molecule has 0 radical (unpaired) electrons. The molecule has 2 aromatic carbocycles. The second-order valence-electron chi connectivity index (χ2n) is 8.56. The molecule has 3 aromatic rings. The van der Waals surface area contributed by atoms with Gasteiger partial charge in [0.2, 0.25) is 5.91 Å². The molecule has 182 valence electrons. The number of urea groups is 1. The molecular formula is C26H28N4O4S. The molecule has 4 rings (SSSR count). The van der Waals surface area contributed by atoms with Crippen molar-refractivity contribution in [2.75, 3.05) is 6.54 Å². The Hall–Kier alpha value is -3.72. The van der Waals surface area contributed by atoms with Crippen LogP contribution in [0.5, 0.6) is 0 Å². The van der Waals surface area contributed by atoms with Gasteiger partial charge in [-0.15, -0.1) is 0 Å². The van der Waals surface area contributed by atoms with Crippen LogP contribution < -0.4 is 10.0 Å². The normalized spacial score (nSPS) is 16.5. The van der Waals surface area contributed by atoms with Gasteiger partial charge in [-0.2, -0.15) is 0 Å². The Morgan fingerprint density at radius 2 is 1.80 bits per heavy atom. The van der Waals surface area contributed by atoms with Crippen molar-refractivity contribution in [3.63, 3.8) is 0 Å². The van der Waals surface area contributed by atoms with Crippen LogP contribution in [0.4, 0.5) is 4.79 Å². The van der Waals surface area contributed by atoms with Crippen LogP contribution in [0.2, 0.25) is 0 Å². The number of sulfonamides is 1. The fourth-order valence-electron chi connectivity index (χ4n) is 4.42. The van der Waals surface area contributed by atoms with Crippen LogP contribution in [-0.2, 0) is 21.2 Å². The lowest BCUT2D eigenvalue weighted by Crippen LogP contribution is -2.53. The maximum Gasteiger partial charge on any atom is 0.329 e. The summed E-state index contributed by atoms with van der Waals surface area (Å²) in [5, 5.41) is 2.62. The largest absolute Gasteiger partial charge is 0.334 e. The lowest BCUT2D eigenvalue weighted by molar-refractivity contribution is -0.134. The summed E-state index contributed by atoms with van der Waals surface area (Å²) >= 11 is 0. The molecule has 1 fully saturated rings. The van der Waals surface area contributed by atoms with Crippen LogP contribution >= 0.6 is 0 Å². The number of nitrogens with zero attached hydrogens (tertiary/aromatic N) is 2. The van der Waals surface area contributed by atoms with E-state index >= 15 is 0 Å². The number of amides is 3. The molecule has 8 nitrogen and oxygen atoms in total. The van der Waals surface area contributed by atoms with Gasteiger partial charge >= 0.3 is 6.03 Å². The molecule has 9 heteroatoms. The van der Waals surface area contributed by atoms with Gasteiger partial charge in [0.05, 0.1) is 10.9 Å². The number of hydrogen-bond acceptors (Lipinski definition) is 5.